The van der Waals surface area contributed by atoms with E-state index in [1.54, 1.807) is 11.8 Å². The molecule has 3 aromatic carbocycles. The van der Waals surface area contributed by atoms with E-state index in [9.17, 15) is 4.79 Å². The van der Waals surface area contributed by atoms with Crippen LogP contribution in [0.5, 0.6) is 0 Å². The van der Waals surface area contributed by atoms with Crippen LogP contribution in [0.4, 0.5) is 0 Å². The van der Waals surface area contributed by atoms with Crippen LogP contribution >= 0.6 is 35.0 Å². The van der Waals surface area contributed by atoms with Crippen LogP contribution in [0.15, 0.2) is 77.8 Å². The van der Waals surface area contributed by atoms with Crippen molar-refractivity contribution >= 4 is 51.8 Å². The summed E-state index contributed by atoms with van der Waals surface area (Å²) in [6.45, 7) is 3.21. The maximum absolute atomic E-state index is 12.5. The van der Waals surface area contributed by atoms with Crippen molar-refractivity contribution in [1.29, 1.82) is 0 Å². The Labute approximate surface area is 196 Å². The predicted molar refractivity (Wildman–Crippen MR) is 131 cm³/mol. The summed E-state index contributed by atoms with van der Waals surface area (Å²) in [5, 5.41) is 5.39. The molecule has 0 fully saturated rings. The molecule has 31 heavy (non-hydrogen) atoms. The van der Waals surface area contributed by atoms with E-state index in [-0.39, 0.29) is 5.91 Å². The lowest BCUT2D eigenvalue weighted by molar-refractivity contribution is 0.0952. The number of rotatable bonds is 7. The van der Waals surface area contributed by atoms with Gasteiger partial charge in [-0.05, 0) is 42.3 Å². The number of nitrogens with one attached hydrogen (secondary N) is 1. The minimum absolute atomic E-state index is 0.0382. The van der Waals surface area contributed by atoms with Gasteiger partial charge in [-0.3, -0.25) is 4.79 Å². The number of aromatic nitrogens is 1. The van der Waals surface area contributed by atoms with Gasteiger partial charge in [-0.2, -0.15) is 0 Å². The van der Waals surface area contributed by atoms with Crippen LogP contribution in [0.1, 0.15) is 21.5 Å². The average Bonchev–Trinajstić information content (AvgIpc) is 3.12. The summed E-state index contributed by atoms with van der Waals surface area (Å²) >= 11 is 13.9. The molecule has 0 saturated carbocycles. The largest absolute Gasteiger partial charge is 0.350 e. The molecule has 6 heteroatoms. The van der Waals surface area contributed by atoms with E-state index in [1.807, 2.05) is 55.5 Å². The maximum atomic E-state index is 12.5. The first-order valence-corrected chi connectivity index (χ1v) is 11.8. The number of thioether (sulfide) groups is 1. The summed E-state index contributed by atoms with van der Waals surface area (Å²) in [6, 6.07) is 21.7. The van der Waals surface area contributed by atoms with E-state index in [4.69, 9.17) is 23.2 Å². The summed E-state index contributed by atoms with van der Waals surface area (Å²) in [7, 11) is 0. The van der Waals surface area contributed by atoms with Crippen LogP contribution in [0.2, 0.25) is 10.0 Å². The number of halogens is 2. The van der Waals surface area contributed by atoms with Gasteiger partial charge in [0.25, 0.3) is 5.91 Å². The third-order valence-corrected chi connectivity index (χ3v) is 7.01. The topological polar surface area (TPSA) is 34.0 Å². The fourth-order valence-corrected chi connectivity index (χ4v) is 4.87. The van der Waals surface area contributed by atoms with Crippen LogP contribution < -0.4 is 5.32 Å². The number of para-hydroxylation sites is 1. The lowest BCUT2D eigenvalue weighted by Crippen LogP contribution is -2.27. The van der Waals surface area contributed by atoms with Crippen LogP contribution in [0.3, 0.4) is 0 Å². The van der Waals surface area contributed by atoms with Crippen LogP contribution in [0.25, 0.3) is 10.9 Å². The zero-order chi connectivity index (χ0) is 21.8. The number of carbonyl (C=O) groups excluding carboxylic acids is 1. The monoisotopic (exact) mass is 468 g/mol. The molecule has 158 valence electrons. The van der Waals surface area contributed by atoms with Crippen molar-refractivity contribution in [3.05, 3.63) is 99.7 Å². The van der Waals surface area contributed by atoms with Gasteiger partial charge in [0.2, 0.25) is 0 Å². The first kappa shape index (κ1) is 21.8. The Morgan fingerprint density at radius 2 is 1.77 bits per heavy atom. The van der Waals surface area contributed by atoms with Gasteiger partial charge < -0.3 is 9.88 Å². The molecule has 4 aromatic rings. The van der Waals surface area contributed by atoms with Gasteiger partial charge >= 0.3 is 0 Å². The molecule has 0 spiro atoms. The van der Waals surface area contributed by atoms with Gasteiger partial charge in [-0.25, -0.2) is 0 Å². The van der Waals surface area contributed by atoms with Gasteiger partial charge in [0.05, 0.1) is 10.0 Å². The second kappa shape index (κ2) is 9.82. The minimum atomic E-state index is -0.0382. The van der Waals surface area contributed by atoms with Gasteiger partial charge in [0.1, 0.15) is 0 Å². The molecule has 0 radical (unpaired) electrons. The Morgan fingerprint density at radius 3 is 2.58 bits per heavy atom. The van der Waals surface area contributed by atoms with Gasteiger partial charge in [0.15, 0.2) is 0 Å². The minimum Gasteiger partial charge on any atom is -0.350 e. The zero-order valence-electron chi connectivity index (χ0n) is 17.1. The van der Waals surface area contributed by atoms with Crippen LogP contribution in [0, 0.1) is 6.92 Å². The summed E-state index contributed by atoms with van der Waals surface area (Å²) in [5.41, 5.74) is 3.98. The fraction of sp³-hybridized carbons (Fsp3) is 0.160. The Bertz CT molecular complexity index is 1240. The van der Waals surface area contributed by atoms with Gasteiger partial charge in [-0.1, -0.05) is 65.7 Å². The zero-order valence-corrected chi connectivity index (χ0v) is 19.4. The van der Waals surface area contributed by atoms with Crippen molar-refractivity contribution in [3.8, 4) is 0 Å². The molecular formula is C25H22Cl2N2OS. The molecule has 0 atom stereocenters. The highest BCUT2D eigenvalue weighted by Crippen LogP contribution is 2.33. The molecule has 0 unspecified atom stereocenters. The number of aryl methyl sites for hydroxylation is 1. The first-order chi connectivity index (χ1) is 15.0. The van der Waals surface area contributed by atoms with Gasteiger partial charge in [-0.15, -0.1) is 11.8 Å². The average molecular weight is 469 g/mol. The second-order valence-electron chi connectivity index (χ2n) is 7.31. The SMILES string of the molecule is Cc1ccccc1C(=O)NCCn1cc(SCc2ccc(Cl)c(Cl)c2)c2ccccc21. The third-order valence-electron chi connectivity index (χ3n) is 5.16. The fourth-order valence-electron chi connectivity index (χ4n) is 3.52. The summed E-state index contributed by atoms with van der Waals surface area (Å²) < 4.78 is 2.20. The van der Waals surface area contributed by atoms with Crippen LogP contribution in [-0.2, 0) is 12.3 Å². The molecule has 0 saturated heterocycles. The van der Waals surface area contributed by atoms with Crippen LogP contribution in [-0.4, -0.2) is 17.0 Å². The Kier molecular flexibility index (Phi) is 6.91. The molecule has 3 nitrogen and oxygen atoms in total. The van der Waals surface area contributed by atoms with E-state index < -0.39 is 0 Å². The van der Waals surface area contributed by atoms with Crippen molar-refractivity contribution in [1.82, 2.24) is 9.88 Å². The van der Waals surface area contributed by atoms with Gasteiger partial charge in [0, 0.05) is 46.4 Å². The molecule has 1 aromatic heterocycles. The van der Waals surface area contributed by atoms with E-state index in [2.05, 4.69) is 34.3 Å². The summed E-state index contributed by atoms with van der Waals surface area (Å²) in [4.78, 5) is 13.7. The second-order valence-corrected chi connectivity index (χ2v) is 9.14. The summed E-state index contributed by atoms with van der Waals surface area (Å²) in [5.74, 6) is 0.762. The number of carbonyl (C=O) groups is 1. The molecule has 1 amide bonds. The molecule has 0 aliphatic heterocycles. The maximum Gasteiger partial charge on any atom is 0.251 e. The van der Waals surface area contributed by atoms with Crippen molar-refractivity contribution in [2.45, 2.75) is 24.1 Å². The molecule has 1 heterocycles. The molecule has 0 aliphatic rings. The molecule has 4 rings (SSSR count). The normalized spacial score (nSPS) is 11.1. The number of benzene rings is 3. The molecule has 0 aliphatic carbocycles. The van der Waals surface area contributed by atoms with E-state index >= 15 is 0 Å². The highest BCUT2D eigenvalue weighted by molar-refractivity contribution is 7.98. The number of amides is 1. The number of hydrogen-bond donors (Lipinski definition) is 1. The lowest BCUT2D eigenvalue weighted by Gasteiger charge is -2.09. The standard InChI is InChI=1S/C25H22Cl2N2OS/c1-17-6-2-3-7-19(17)25(30)28-12-13-29-15-24(20-8-4-5-9-23(20)29)31-16-18-10-11-21(26)22(27)14-18/h2-11,14-15H,12-13,16H2,1H3,(H,28,30). The van der Waals surface area contributed by atoms with Crippen molar-refractivity contribution < 1.29 is 4.79 Å². The van der Waals surface area contributed by atoms with Crippen molar-refractivity contribution in [2.24, 2.45) is 0 Å². The number of nitrogens with zero attached hydrogens (tertiary/aromatic N) is 1. The molecule has 0 bridgehead atoms. The highest BCUT2D eigenvalue weighted by Gasteiger charge is 2.11. The van der Waals surface area contributed by atoms with Crippen molar-refractivity contribution in [3.63, 3.8) is 0 Å². The highest BCUT2D eigenvalue weighted by atomic mass is 35.5. The summed E-state index contributed by atoms with van der Waals surface area (Å²) in [6.07, 6.45) is 2.16. The number of fused-ring (bicyclic) bond motifs is 1. The molecular weight excluding hydrogens is 447 g/mol. The quantitative estimate of drug-likeness (QED) is 0.296. The first-order valence-electron chi connectivity index (χ1n) is 10.0. The van der Waals surface area contributed by atoms with E-state index in [0.717, 1.165) is 28.0 Å². The Balaban J connectivity index is 1.45. The number of hydrogen-bond acceptors (Lipinski definition) is 2. The lowest BCUT2D eigenvalue weighted by atomic mass is 10.1. The van der Waals surface area contributed by atoms with E-state index in [0.29, 0.717) is 23.1 Å². The van der Waals surface area contributed by atoms with Crippen molar-refractivity contribution in [2.75, 3.05) is 6.54 Å². The Hall–Kier alpha value is -2.40. The smallest absolute Gasteiger partial charge is 0.251 e. The Morgan fingerprint density at radius 1 is 1.00 bits per heavy atom. The molecule has 1 N–H and O–H groups in total. The predicted octanol–water partition coefficient (Wildman–Crippen LogP) is 6.98. The van der Waals surface area contributed by atoms with E-state index in [1.165, 1.54) is 10.3 Å². The third kappa shape index (κ3) is 5.09.